The van der Waals surface area contributed by atoms with Gasteiger partial charge in [-0.25, -0.2) is 5.01 Å². The molecule has 2 aromatic carbocycles. The molecule has 1 fully saturated rings. The molecule has 1 heterocycles. The standard InChI is InChI=1S/C22H22Br2N2O4/c1-4-13(3)30-20-17(29-5-2)12-14(18(23)19(20)24)11-16-21(27)25-26(22(16)28)15-9-7-6-8-10-15/h6-13H,4-5H2,1-3H3,(H,25,27)/b16-11-/t13-/m1/s1. The maximum absolute atomic E-state index is 12.9. The first-order valence-corrected chi connectivity index (χ1v) is 11.2. The third kappa shape index (κ3) is 4.54. The third-order valence-corrected chi connectivity index (χ3v) is 6.70. The molecular formula is C22H22Br2N2O4. The summed E-state index contributed by atoms with van der Waals surface area (Å²) in [6.07, 6.45) is 2.38. The van der Waals surface area contributed by atoms with E-state index in [0.29, 0.717) is 38.3 Å². The van der Waals surface area contributed by atoms with Crippen LogP contribution in [0.5, 0.6) is 11.5 Å². The summed E-state index contributed by atoms with van der Waals surface area (Å²) in [4.78, 5) is 25.4. The van der Waals surface area contributed by atoms with Gasteiger partial charge in [-0.1, -0.05) is 25.1 Å². The highest BCUT2D eigenvalue weighted by molar-refractivity contribution is 9.13. The van der Waals surface area contributed by atoms with Crippen molar-refractivity contribution < 1.29 is 19.1 Å². The van der Waals surface area contributed by atoms with Gasteiger partial charge in [0.1, 0.15) is 5.57 Å². The van der Waals surface area contributed by atoms with Crippen molar-refractivity contribution >= 4 is 55.4 Å². The van der Waals surface area contributed by atoms with E-state index in [9.17, 15) is 9.59 Å². The summed E-state index contributed by atoms with van der Waals surface area (Å²) in [6, 6.07) is 10.7. The molecule has 0 aliphatic carbocycles. The summed E-state index contributed by atoms with van der Waals surface area (Å²) in [5.74, 6) is 0.218. The largest absolute Gasteiger partial charge is 0.490 e. The second kappa shape index (κ2) is 9.66. The van der Waals surface area contributed by atoms with E-state index in [4.69, 9.17) is 9.47 Å². The first-order valence-electron chi connectivity index (χ1n) is 9.60. The number of benzene rings is 2. The number of carbonyl (C=O) groups is 2. The second-order valence-corrected chi connectivity index (χ2v) is 8.25. The van der Waals surface area contributed by atoms with Crippen LogP contribution in [0.2, 0.25) is 0 Å². The molecule has 1 aliphatic heterocycles. The molecule has 0 radical (unpaired) electrons. The Labute approximate surface area is 192 Å². The molecule has 0 bridgehead atoms. The number of hydrazine groups is 1. The van der Waals surface area contributed by atoms with Crippen molar-refractivity contribution in [2.45, 2.75) is 33.3 Å². The van der Waals surface area contributed by atoms with Gasteiger partial charge in [-0.15, -0.1) is 0 Å². The predicted octanol–water partition coefficient (Wildman–Crippen LogP) is 5.25. The van der Waals surface area contributed by atoms with Crippen LogP contribution in [-0.4, -0.2) is 24.5 Å². The van der Waals surface area contributed by atoms with Crippen LogP contribution in [0.4, 0.5) is 5.69 Å². The number of hydrogen-bond acceptors (Lipinski definition) is 4. The summed E-state index contributed by atoms with van der Waals surface area (Å²) in [6.45, 7) is 6.34. The summed E-state index contributed by atoms with van der Waals surface area (Å²) >= 11 is 7.11. The van der Waals surface area contributed by atoms with Crippen molar-refractivity contribution in [1.82, 2.24) is 5.43 Å². The van der Waals surface area contributed by atoms with Gasteiger partial charge in [0.15, 0.2) is 11.5 Å². The zero-order chi connectivity index (χ0) is 21.8. The Hall–Kier alpha value is -2.32. The highest BCUT2D eigenvalue weighted by Crippen LogP contribution is 2.44. The molecule has 2 aromatic rings. The number of anilines is 1. The average molecular weight is 538 g/mol. The molecule has 30 heavy (non-hydrogen) atoms. The highest BCUT2D eigenvalue weighted by atomic mass is 79.9. The number of para-hydroxylation sites is 1. The molecule has 1 aliphatic rings. The van der Waals surface area contributed by atoms with E-state index in [1.807, 2.05) is 26.8 Å². The molecular weight excluding hydrogens is 516 g/mol. The fourth-order valence-electron chi connectivity index (χ4n) is 2.84. The molecule has 1 N–H and O–H groups in total. The van der Waals surface area contributed by atoms with Gasteiger partial charge >= 0.3 is 0 Å². The Morgan fingerprint density at radius 2 is 1.83 bits per heavy atom. The maximum Gasteiger partial charge on any atom is 0.282 e. The molecule has 1 atom stereocenters. The molecule has 1 saturated heterocycles. The Morgan fingerprint density at radius 3 is 2.47 bits per heavy atom. The molecule has 158 valence electrons. The van der Waals surface area contributed by atoms with E-state index in [0.717, 1.165) is 6.42 Å². The molecule has 0 spiro atoms. The van der Waals surface area contributed by atoms with Gasteiger partial charge in [0.2, 0.25) is 0 Å². The van der Waals surface area contributed by atoms with Crippen LogP contribution < -0.4 is 19.9 Å². The van der Waals surface area contributed by atoms with E-state index in [1.165, 1.54) is 5.01 Å². The van der Waals surface area contributed by atoms with Gasteiger partial charge in [-0.05, 0) is 82.0 Å². The number of ether oxygens (including phenoxy) is 2. The Bertz CT molecular complexity index is 992. The van der Waals surface area contributed by atoms with Crippen molar-refractivity contribution in [2.24, 2.45) is 0 Å². The van der Waals surface area contributed by atoms with E-state index in [-0.39, 0.29) is 11.7 Å². The second-order valence-electron chi connectivity index (χ2n) is 6.67. The number of hydrogen-bond donors (Lipinski definition) is 1. The molecule has 3 rings (SSSR count). The zero-order valence-electron chi connectivity index (χ0n) is 16.9. The minimum Gasteiger partial charge on any atom is -0.490 e. The smallest absolute Gasteiger partial charge is 0.282 e. The van der Waals surface area contributed by atoms with E-state index >= 15 is 0 Å². The lowest BCUT2D eigenvalue weighted by Gasteiger charge is -2.19. The van der Waals surface area contributed by atoms with Crippen LogP contribution in [0.15, 0.2) is 50.9 Å². The molecule has 0 saturated carbocycles. The monoisotopic (exact) mass is 536 g/mol. The van der Waals surface area contributed by atoms with Crippen molar-refractivity contribution in [3.05, 3.63) is 56.5 Å². The Kier molecular flexibility index (Phi) is 7.20. The number of nitrogens with zero attached hydrogens (tertiary/aromatic N) is 1. The number of nitrogens with one attached hydrogen (secondary N) is 1. The van der Waals surface area contributed by atoms with Gasteiger partial charge in [-0.3, -0.25) is 15.0 Å². The van der Waals surface area contributed by atoms with Crippen LogP contribution in [0.3, 0.4) is 0 Å². The topological polar surface area (TPSA) is 67.9 Å². The minimum atomic E-state index is -0.468. The molecule has 0 aromatic heterocycles. The van der Waals surface area contributed by atoms with Crippen LogP contribution >= 0.6 is 31.9 Å². The van der Waals surface area contributed by atoms with Gasteiger partial charge in [0, 0.05) is 4.47 Å². The summed E-state index contributed by atoms with van der Waals surface area (Å²) < 4.78 is 13.1. The van der Waals surface area contributed by atoms with Gasteiger partial charge in [-0.2, -0.15) is 0 Å². The van der Waals surface area contributed by atoms with E-state index < -0.39 is 11.8 Å². The molecule has 8 heteroatoms. The van der Waals surface area contributed by atoms with Gasteiger partial charge in [0.05, 0.1) is 22.9 Å². The minimum absolute atomic E-state index is 0.00164. The van der Waals surface area contributed by atoms with Crippen LogP contribution in [0.25, 0.3) is 6.08 Å². The van der Waals surface area contributed by atoms with E-state index in [1.54, 1.807) is 36.4 Å². The first-order chi connectivity index (χ1) is 14.4. The summed E-state index contributed by atoms with van der Waals surface area (Å²) in [5.41, 5.74) is 3.84. The fourth-order valence-corrected chi connectivity index (χ4v) is 3.77. The Morgan fingerprint density at radius 1 is 1.13 bits per heavy atom. The number of amides is 2. The van der Waals surface area contributed by atoms with Gasteiger partial charge < -0.3 is 9.47 Å². The lowest BCUT2D eigenvalue weighted by atomic mass is 10.1. The van der Waals surface area contributed by atoms with Crippen molar-refractivity contribution in [3.8, 4) is 11.5 Å². The number of carbonyl (C=O) groups excluding carboxylic acids is 2. The summed E-state index contributed by atoms with van der Waals surface area (Å²) in [5, 5.41) is 1.24. The number of rotatable bonds is 7. The number of halogens is 2. The molecule has 6 nitrogen and oxygen atoms in total. The fraction of sp³-hybridized carbons (Fsp3) is 0.273. The van der Waals surface area contributed by atoms with Crippen molar-refractivity contribution in [3.63, 3.8) is 0 Å². The van der Waals surface area contributed by atoms with Crippen molar-refractivity contribution in [2.75, 3.05) is 11.6 Å². The lowest BCUT2D eigenvalue weighted by molar-refractivity contribution is -0.117. The molecule has 0 unspecified atom stereocenters. The Balaban J connectivity index is 2.02. The van der Waals surface area contributed by atoms with Crippen molar-refractivity contribution in [1.29, 1.82) is 0 Å². The third-order valence-electron chi connectivity index (χ3n) is 4.56. The normalized spacial score (nSPS) is 16.0. The highest BCUT2D eigenvalue weighted by Gasteiger charge is 2.34. The van der Waals surface area contributed by atoms with Gasteiger partial charge in [0.25, 0.3) is 11.8 Å². The first kappa shape index (κ1) is 22.4. The van der Waals surface area contributed by atoms with E-state index in [2.05, 4.69) is 37.3 Å². The lowest BCUT2D eigenvalue weighted by Crippen LogP contribution is -2.35. The predicted molar refractivity (Wildman–Crippen MR) is 123 cm³/mol. The van der Waals surface area contributed by atoms with Crippen LogP contribution in [-0.2, 0) is 9.59 Å². The van der Waals surface area contributed by atoms with Crippen LogP contribution in [0.1, 0.15) is 32.8 Å². The quantitative estimate of drug-likeness (QED) is 0.387. The summed E-state index contributed by atoms with van der Waals surface area (Å²) in [7, 11) is 0. The maximum atomic E-state index is 12.9. The molecule has 2 amide bonds. The zero-order valence-corrected chi connectivity index (χ0v) is 20.0. The average Bonchev–Trinajstić information content (AvgIpc) is 3.03. The SMILES string of the molecule is CCOc1cc(/C=C2/C(=O)NN(c3ccccc3)C2=O)c(Br)c(Br)c1O[C@H](C)CC. The van der Waals surface area contributed by atoms with Crippen LogP contribution in [0, 0.1) is 0 Å².